The number of hydrogen-bond donors (Lipinski definition) is 2. The predicted octanol–water partition coefficient (Wildman–Crippen LogP) is 5.40. The van der Waals surface area contributed by atoms with Crippen LogP contribution in [-0.4, -0.2) is 13.1 Å². The molecule has 3 aromatic rings. The molecule has 0 unspecified atom stereocenters. The zero-order chi connectivity index (χ0) is 19.7. The Labute approximate surface area is 169 Å². The Bertz CT molecular complexity index is 771. The Morgan fingerprint density at radius 2 is 1.14 bits per heavy atom. The summed E-state index contributed by atoms with van der Waals surface area (Å²) in [7, 11) is 0. The molecular formula is C26H32N2. The van der Waals surface area contributed by atoms with Crippen LogP contribution in [-0.2, 0) is 5.54 Å². The fraction of sp³-hybridized carbons (Fsp3) is 0.308. The average molecular weight is 373 g/mol. The summed E-state index contributed by atoms with van der Waals surface area (Å²) in [5, 5.41) is 3.95. The highest BCUT2D eigenvalue weighted by Crippen LogP contribution is 2.37. The Morgan fingerprint density at radius 1 is 0.643 bits per heavy atom. The monoisotopic (exact) mass is 372 g/mol. The van der Waals surface area contributed by atoms with Crippen molar-refractivity contribution in [3.05, 3.63) is 107 Å². The van der Waals surface area contributed by atoms with E-state index >= 15 is 0 Å². The second-order valence-electron chi connectivity index (χ2n) is 7.48. The summed E-state index contributed by atoms with van der Waals surface area (Å²) in [5.41, 5.74) is 10.4. The van der Waals surface area contributed by atoms with E-state index in [1.165, 1.54) is 35.1 Å². The quantitative estimate of drug-likeness (QED) is 0.369. The molecule has 0 spiro atoms. The van der Waals surface area contributed by atoms with Crippen molar-refractivity contribution in [2.45, 2.75) is 38.1 Å². The highest BCUT2D eigenvalue weighted by atomic mass is 15.0. The third-order valence-corrected chi connectivity index (χ3v) is 5.42. The molecule has 28 heavy (non-hydrogen) atoms. The van der Waals surface area contributed by atoms with Crippen LogP contribution in [0.3, 0.4) is 0 Å². The average Bonchev–Trinajstić information content (AvgIpc) is 2.76. The number of unbranched alkanes of at least 4 members (excludes halogenated alkanes) is 3. The fourth-order valence-corrected chi connectivity index (χ4v) is 3.88. The molecule has 0 bridgehead atoms. The summed E-state index contributed by atoms with van der Waals surface area (Å²) in [6, 6.07) is 30.5. The third-order valence-electron chi connectivity index (χ3n) is 5.42. The van der Waals surface area contributed by atoms with E-state index in [1.54, 1.807) is 0 Å². The number of aryl methyl sites for hydroxylation is 1. The normalized spacial score (nSPS) is 11.5. The first-order chi connectivity index (χ1) is 13.8. The molecule has 0 amide bonds. The first-order valence-electron chi connectivity index (χ1n) is 10.4. The van der Waals surface area contributed by atoms with E-state index in [1.807, 2.05) is 0 Å². The first-order valence-corrected chi connectivity index (χ1v) is 10.4. The zero-order valence-corrected chi connectivity index (χ0v) is 16.9. The molecule has 3 aromatic carbocycles. The number of benzene rings is 3. The Hall–Kier alpha value is -2.42. The summed E-state index contributed by atoms with van der Waals surface area (Å²) >= 11 is 0. The lowest BCUT2D eigenvalue weighted by atomic mass is 9.76. The van der Waals surface area contributed by atoms with E-state index in [0.717, 1.165) is 25.9 Å². The molecule has 2 nitrogen and oxygen atoms in total. The molecule has 3 N–H and O–H groups in total. The van der Waals surface area contributed by atoms with Gasteiger partial charge >= 0.3 is 0 Å². The molecule has 0 radical (unpaired) electrons. The van der Waals surface area contributed by atoms with Gasteiger partial charge in [-0.3, -0.25) is 5.32 Å². The minimum absolute atomic E-state index is 0.357. The summed E-state index contributed by atoms with van der Waals surface area (Å²) in [5.74, 6) is 0. The zero-order valence-electron chi connectivity index (χ0n) is 16.9. The SMILES string of the molecule is Cc1ccc(C(NCCCCCCN)(c2ccccc2)c2ccccc2)cc1. The predicted molar refractivity (Wildman–Crippen MR) is 119 cm³/mol. The van der Waals surface area contributed by atoms with Crippen molar-refractivity contribution in [3.63, 3.8) is 0 Å². The van der Waals surface area contributed by atoms with E-state index in [9.17, 15) is 0 Å². The van der Waals surface area contributed by atoms with Gasteiger partial charge < -0.3 is 5.73 Å². The number of rotatable bonds is 10. The molecule has 0 heterocycles. The van der Waals surface area contributed by atoms with Gasteiger partial charge in [0.15, 0.2) is 0 Å². The Morgan fingerprint density at radius 3 is 1.68 bits per heavy atom. The van der Waals surface area contributed by atoms with Crippen molar-refractivity contribution in [3.8, 4) is 0 Å². The summed E-state index contributed by atoms with van der Waals surface area (Å²) in [6.45, 7) is 3.89. The van der Waals surface area contributed by atoms with Gasteiger partial charge in [-0.25, -0.2) is 0 Å². The van der Waals surface area contributed by atoms with Crippen LogP contribution in [0, 0.1) is 6.92 Å². The fourth-order valence-electron chi connectivity index (χ4n) is 3.88. The van der Waals surface area contributed by atoms with Crippen LogP contribution in [0.4, 0.5) is 0 Å². The standard InChI is InChI=1S/C26H32N2/c1-22-16-18-25(19-17-22)26(23-12-6-4-7-13-23,24-14-8-5-9-15-24)28-21-11-3-2-10-20-27/h4-9,12-19,28H,2-3,10-11,20-21,27H2,1H3. The van der Waals surface area contributed by atoms with Crippen molar-refractivity contribution in [2.75, 3.05) is 13.1 Å². The lowest BCUT2D eigenvalue weighted by Crippen LogP contribution is -2.45. The molecule has 0 aliphatic carbocycles. The molecule has 2 heteroatoms. The lowest BCUT2D eigenvalue weighted by Gasteiger charge is -2.37. The summed E-state index contributed by atoms with van der Waals surface area (Å²) in [6.07, 6.45) is 4.66. The van der Waals surface area contributed by atoms with Crippen LogP contribution < -0.4 is 11.1 Å². The minimum atomic E-state index is -0.357. The second-order valence-corrected chi connectivity index (χ2v) is 7.48. The van der Waals surface area contributed by atoms with Gasteiger partial charge in [0.25, 0.3) is 0 Å². The largest absolute Gasteiger partial charge is 0.330 e. The molecule has 0 atom stereocenters. The van der Waals surface area contributed by atoms with Crippen LogP contribution in [0.2, 0.25) is 0 Å². The molecule has 146 valence electrons. The molecule has 0 aromatic heterocycles. The van der Waals surface area contributed by atoms with Crippen LogP contribution in [0.1, 0.15) is 47.9 Å². The molecule has 0 saturated heterocycles. The van der Waals surface area contributed by atoms with E-state index in [-0.39, 0.29) is 5.54 Å². The number of nitrogens with one attached hydrogen (secondary N) is 1. The van der Waals surface area contributed by atoms with Gasteiger partial charge in [-0.15, -0.1) is 0 Å². The first kappa shape index (κ1) is 20.3. The van der Waals surface area contributed by atoms with Crippen molar-refractivity contribution in [1.82, 2.24) is 5.32 Å². The van der Waals surface area contributed by atoms with Gasteiger partial charge in [0.2, 0.25) is 0 Å². The van der Waals surface area contributed by atoms with Gasteiger partial charge in [-0.05, 0) is 49.5 Å². The van der Waals surface area contributed by atoms with Crippen molar-refractivity contribution >= 4 is 0 Å². The van der Waals surface area contributed by atoms with Crippen molar-refractivity contribution in [1.29, 1.82) is 0 Å². The van der Waals surface area contributed by atoms with Crippen LogP contribution in [0.15, 0.2) is 84.9 Å². The van der Waals surface area contributed by atoms with Gasteiger partial charge in [-0.2, -0.15) is 0 Å². The lowest BCUT2D eigenvalue weighted by molar-refractivity contribution is 0.456. The van der Waals surface area contributed by atoms with Crippen LogP contribution >= 0.6 is 0 Å². The van der Waals surface area contributed by atoms with Crippen molar-refractivity contribution in [2.24, 2.45) is 5.73 Å². The van der Waals surface area contributed by atoms with Gasteiger partial charge in [-0.1, -0.05) is 103 Å². The third kappa shape index (κ3) is 4.70. The Kier molecular flexibility index (Phi) is 7.41. The highest BCUT2D eigenvalue weighted by Gasteiger charge is 2.35. The maximum absolute atomic E-state index is 5.64. The molecule has 0 aliphatic rings. The number of hydrogen-bond acceptors (Lipinski definition) is 2. The van der Waals surface area contributed by atoms with E-state index in [0.29, 0.717) is 0 Å². The second kappa shape index (κ2) is 10.2. The highest BCUT2D eigenvalue weighted by molar-refractivity contribution is 5.49. The molecule has 3 rings (SSSR count). The Balaban J connectivity index is 2.01. The molecule has 0 saturated carbocycles. The summed E-state index contributed by atoms with van der Waals surface area (Å²) in [4.78, 5) is 0. The molecule has 0 fully saturated rings. The minimum Gasteiger partial charge on any atom is -0.330 e. The van der Waals surface area contributed by atoms with Crippen LogP contribution in [0.25, 0.3) is 0 Å². The number of nitrogens with two attached hydrogens (primary N) is 1. The van der Waals surface area contributed by atoms with Gasteiger partial charge in [0, 0.05) is 0 Å². The van der Waals surface area contributed by atoms with Gasteiger partial charge in [0.1, 0.15) is 0 Å². The van der Waals surface area contributed by atoms with E-state index < -0.39 is 0 Å². The maximum Gasteiger partial charge on any atom is 0.0947 e. The maximum atomic E-state index is 5.64. The van der Waals surface area contributed by atoms with E-state index in [2.05, 4.69) is 97.2 Å². The van der Waals surface area contributed by atoms with Crippen LogP contribution in [0.5, 0.6) is 0 Å². The smallest absolute Gasteiger partial charge is 0.0947 e. The molecular weight excluding hydrogens is 340 g/mol. The summed E-state index contributed by atoms with van der Waals surface area (Å²) < 4.78 is 0. The topological polar surface area (TPSA) is 38.0 Å². The molecule has 0 aliphatic heterocycles. The van der Waals surface area contributed by atoms with Crippen molar-refractivity contribution < 1.29 is 0 Å². The van der Waals surface area contributed by atoms with E-state index in [4.69, 9.17) is 5.73 Å². The van der Waals surface area contributed by atoms with Gasteiger partial charge in [0.05, 0.1) is 5.54 Å².